The van der Waals surface area contributed by atoms with E-state index in [4.69, 9.17) is 28.9 Å². The van der Waals surface area contributed by atoms with Crippen LogP contribution in [0, 0.1) is 0 Å². The summed E-state index contributed by atoms with van der Waals surface area (Å²) in [6.07, 6.45) is 2.01. The predicted octanol–water partition coefficient (Wildman–Crippen LogP) is 4.49. The molecule has 1 aliphatic heterocycles. The lowest BCUT2D eigenvalue weighted by Crippen LogP contribution is -2.43. The van der Waals surface area contributed by atoms with Crippen LogP contribution in [0.2, 0.25) is 10.0 Å². The first-order chi connectivity index (χ1) is 9.11. The molecule has 0 bridgehead atoms. The first-order valence-electron chi connectivity index (χ1n) is 6.54. The van der Waals surface area contributed by atoms with Crippen molar-refractivity contribution in [1.82, 2.24) is 0 Å². The highest BCUT2D eigenvalue weighted by Crippen LogP contribution is 2.36. The molecule has 0 aromatic heterocycles. The highest BCUT2D eigenvalue weighted by molar-refractivity contribution is 8.07. The SMILES string of the molecule is CCC1SCCSC1C(N)Cc1ccc(Cl)cc1Cl. The van der Waals surface area contributed by atoms with Gasteiger partial charge < -0.3 is 5.73 Å². The van der Waals surface area contributed by atoms with Crippen LogP contribution in [0.15, 0.2) is 18.2 Å². The van der Waals surface area contributed by atoms with Crippen LogP contribution in [0.1, 0.15) is 18.9 Å². The summed E-state index contributed by atoms with van der Waals surface area (Å²) in [7, 11) is 0. The van der Waals surface area contributed by atoms with Crippen LogP contribution in [0.3, 0.4) is 0 Å². The van der Waals surface area contributed by atoms with Gasteiger partial charge in [0, 0.05) is 38.1 Å². The molecule has 0 saturated carbocycles. The van der Waals surface area contributed by atoms with E-state index >= 15 is 0 Å². The molecule has 2 N–H and O–H groups in total. The molecule has 1 aliphatic rings. The van der Waals surface area contributed by atoms with E-state index in [0.29, 0.717) is 15.5 Å². The van der Waals surface area contributed by atoms with E-state index in [0.717, 1.165) is 17.0 Å². The van der Waals surface area contributed by atoms with E-state index in [1.54, 1.807) is 6.07 Å². The minimum atomic E-state index is 0.154. The minimum Gasteiger partial charge on any atom is -0.326 e. The zero-order valence-electron chi connectivity index (χ0n) is 10.9. The fourth-order valence-corrected chi connectivity index (χ4v) is 6.07. The number of hydrogen-bond donors (Lipinski definition) is 1. The molecule has 0 spiro atoms. The molecule has 1 fully saturated rings. The van der Waals surface area contributed by atoms with Crippen LogP contribution in [0.5, 0.6) is 0 Å². The summed E-state index contributed by atoms with van der Waals surface area (Å²) in [4.78, 5) is 0. The van der Waals surface area contributed by atoms with Crippen molar-refractivity contribution in [2.75, 3.05) is 11.5 Å². The van der Waals surface area contributed by atoms with Gasteiger partial charge in [0.2, 0.25) is 0 Å². The van der Waals surface area contributed by atoms with Crippen molar-refractivity contribution in [3.8, 4) is 0 Å². The molecule has 0 aliphatic carbocycles. The second-order valence-corrected chi connectivity index (χ2v) is 8.23. The second kappa shape index (κ2) is 7.46. The molecule has 1 aromatic rings. The van der Waals surface area contributed by atoms with Crippen molar-refractivity contribution in [2.24, 2.45) is 5.73 Å². The molecule has 1 nitrogen and oxygen atoms in total. The highest BCUT2D eigenvalue weighted by atomic mass is 35.5. The Kier molecular flexibility index (Phi) is 6.22. The molecule has 1 saturated heterocycles. The second-order valence-electron chi connectivity index (χ2n) is 4.76. The Morgan fingerprint density at radius 3 is 2.74 bits per heavy atom. The number of rotatable bonds is 4. The quantitative estimate of drug-likeness (QED) is 0.877. The summed E-state index contributed by atoms with van der Waals surface area (Å²) < 4.78 is 0. The Morgan fingerprint density at radius 1 is 1.32 bits per heavy atom. The Balaban J connectivity index is 2.04. The average molecular weight is 336 g/mol. The maximum atomic E-state index is 6.43. The number of thioether (sulfide) groups is 2. The van der Waals surface area contributed by atoms with Gasteiger partial charge in [0.25, 0.3) is 0 Å². The normalized spacial score (nSPS) is 25.3. The lowest BCUT2D eigenvalue weighted by molar-refractivity contribution is 0.597. The minimum absolute atomic E-state index is 0.154. The van der Waals surface area contributed by atoms with Crippen LogP contribution in [-0.4, -0.2) is 28.0 Å². The van der Waals surface area contributed by atoms with E-state index in [1.165, 1.54) is 17.9 Å². The standard InChI is InChI=1S/C14H19Cl2NS2/c1-2-13-14(19-6-5-18-13)12(17)7-9-3-4-10(15)8-11(9)16/h3-4,8,12-14H,2,5-7,17H2,1H3. The summed E-state index contributed by atoms with van der Waals surface area (Å²) >= 11 is 16.2. The molecule has 3 unspecified atom stereocenters. The smallest absolute Gasteiger partial charge is 0.0453 e. The first-order valence-corrected chi connectivity index (χ1v) is 9.40. The van der Waals surface area contributed by atoms with Crippen LogP contribution in [0.4, 0.5) is 0 Å². The summed E-state index contributed by atoms with van der Waals surface area (Å²) in [5.41, 5.74) is 7.53. The maximum Gasteiger partial charge on any atom is 0.0453 e. The predicted molar refractivity (Wildman–Crippen MR) is 90.9 cm³/mol. The fourth-order valence-electron chi connectivity index (χ4n) is 2.39. The topological polar surface area (TPSA) is 26.0 Å². The van der Waals surface area contributed by atoms with Gasteiger partial charge in [0.15, 0.2) is 0 Å². The van der Waals surface area contributed by atoms with Crippen LogP contribution in [-0.2, 0) is 6.42 Å². The molecule has 2 rings (SSSR count). The van der Waals surface area contributed by atoms with E-state index in [-0.39, 0.29) is 6.04 Å². The van der Waals surface area contributed by atoms with Crippen LogP contribution < -0.4 is 5.73 Å². The lowest BCUT2D eigenvalue weighted by atomic mass is 10.0. The monoisotopic (exact) mass is 335 g/mol. The maximum absolute atomic E-state index is 6.43. The lowest BCUT2D eigenvalue weighted by Gasteiger charge is -2.34. The Bertz CT molecular complexity index is 428. The van der Waals surface area contributed by atoms with Gasteiger partial charge >= 0.3 is 0 Å². The third kappa shape index (κ3) is 4.21. The molecule has 3 atom stereocenters. The summed E-state index contributed by atoms with van der Waals surface area (Å²) in [5.74, 6) is 2.45. The molecule has 19 heavy (non-hydrogen) atoms. The largest absolute Gasteiger partial charge is 0.326 e. The van der Waals surface area contributed by atoms with Gasteiger partial charge in [0.05, 0.1) is 0 Å². The first kappa shape index (κ1) is 15.8. The van der Waals surface area contributed by atoms with Crippen LogP contribution >= 0.6 is 46.7 Å². The number of benzene rings is 1. The number of hydrogen-bond acceptors (Lipinski definition) is 3. The zero-order chi connectivity index (χ0) is 13.8. The van der Waals surface area contributed by atoms with Gasteiger partial charge in [-0.05, 0) is 30.5 Å². The molecule has 1 aromatic carbocycles. The van der Waals surface area contributed by atoms with Crippen LogP contribution in [0.25, 0.3) is 0 Å². The van der Waals surface area contributed by atoms with Gasteiger partial charge in [0.1, 0.15) is 0 Å². The zero-order valence-corrected chi connectivity index (χ0v) is 14.1. The Labute approximate surface area is 134 Å². The van der Waals surface area contributed by atoms with Crippen molar-refractivity contribution in [2.45, 2.75) is 36.3 Å². The fraction of sp³-hybridized carbons (Fsp3) is 0.571. The van der Waals surface area contributed by atoms with Crippen molar-refractivity contribution in [1.29, 1.82) is 0 Å². The van der Waals surface area contributed by atoms with Gasteiger partial charge in [-0.25, -0.2) is 0 Å². The molecule has 5 heteroatoms. The summed E-state index contributed by atoms with van der Waals surface area (Å²) in [6.45, 7) is 2.25. The highest BCUT2D eigenvalue weighted by Gasteiger charge is 2.30. The van der Waals surface area contributed by atoms with E-state index < -0.39 is 0 Å². The molecule has 0 radical (unpaired) electrons. The van der Waals surface area contributed by atoms with Gasteiger partial charge in [-0.2, -0.15) is 23.5 Å². The molecule has 106 valence electrons. The third-order valence-electron chi connectivity index (χ3n) is 3.39. The van der Waals surface area contributed by atoms with Crippen molar-refractivity contribution in [3.63, 3.8) is 0 Å². The average Bonchev–Trinajstić information content (AvgIpc) is 2.41. The number of halogens is 2. The van der Waals surface area contributed by atoms with Gasteiger partial charge in [-0.3, -0.25) is 0 Å². The summed E-state index contributed by atoms with van der Waals surface area (Å²) in [5, 5.41) is 2.59. The Morgan fingerprint density at radius 2 is 2.05 bits per heavy atom. The Hall–Kier alpha value is 0.460. The molecular weight excluding hydrogens is 317 g/mol. The van der Waals surface area contributed by atoms with E-state index in [9.17, 15) is 0 Å². The third-order valence-corrected chi connectivity index (χ3v) is 7.40. The van der Waals surface area contributed by atoms with E-state index in [2.05, 4.69) is 18.7 Å². The molecule has 1 heterocycles. The van der Waals surface area contributed by atoms with Gasteiger partial charge in [-0.1, -0.05) is 36.2 Å². The molecular formula is C14H19Cl2NS2. The van der Waals surface area contributed by atoms with Crippen molar-refractivity contribution in [3.05, 3.63) is 33.8 Å². The van der Waals surface area contributed by atoms with Crippen molar-refractivity contribution < 1.29 is 0 Å². The number of nitrogens with two attached hydrogens (primary N) is 1. The van der Waals surface area contributed by atoms with Crippen molar-refractivity contribution >= 4 is 46.7 Å². The van der Waals surface area contributed by atoms with E-state index in [1.807, 2.05) is 23.9 Å². The van der Waals surface area contributed by atoms with Gasteiger partial charge in [-0.15, -0.1) is 0 Å². The molecule has 0 amide bonds. The summed E-state index contributed by atoms with van der Waals surface area (Å²) in [6, 6.07) is 5.83.